The van der Waals surface area contributed by atoms with Gasteiger partial charge in [0.2, 0.25) is 23.4 Å². The number of likely N-dealkylation sites (tertiary alicyclic amines) is 1. The Bertz CT molecular complexity index is 694. The van der Waals surface area contributed by atoms with Gasteiger partial charge in [0, 0.05) is 38.6 Å². The molecule has 0 atom stereocenters. The summed E-state index contributed by atoms with van der Waals surface area (Å²) in [6, 6.07) is 1.74. The van der Waals surface area contributed by atoms with Gasteiger partial charge in [-0.25, -0.2) is 9.97 Å². The topological polar surface area (TPSA) is 97.5 Å². The second-order valence-corrected chi connectivity index (χ2v) is 5.91. The molecule has 0 spiro atoms. The Morgan fingerprint density at radius 3 is 2.67 bits per heavy atom. The van der Waals surface area contributed by atoms with Gasteiger partial charge in [0.05, 0.1) is 25.7 Å². The molecule has 0 bridgehead atoms. The quantitative estimate of drug-likeness (QED) is 0.759. The highest BCUT2D eigenvalue weighted by Gasteiger charge is 2.34. The lowest BCUT2D eigenvalue weighted by atomic mass is 10.0. The van der Waals surface area contributed by atoms with Crippen molar-refractivity contribution in [2.45, 2.75) is 5.92 Å². The average molecular weight is 330 g/mol. The van der Waals surface area contributed by atoms with E-state index < -0.39 is 0 Å². The number of rotatable bonds is 4. The van der Waals surface area contributed by atoms with Crippen LogP contribution in [0.5, 0.6) is 0 Å². The third kappa shape index (κ3) is 3.13. The van der Waals surface area contributed by atoms with Gasteiger partial charge in [-0.3, -0.25) is 9.69 Å². The van der Waals surface area contributed by atoms with E-state index in [0.717, 1.165) is 13.1 Å². The second-order valence-electron chi connectivity index (χ2n) is 5.91. The highest BCUT2D eigenvalue weighted by Crippen LogP contribution is 2.26. The summed E-state index contributed by atoms with van der Waals surface area (Å²) in [5, 5.41) is 3.93. The maximum Gasteiger partial charge on any atom is 0.240 e. The number of nitrogens with zero attached hydrogens (tertiary/aromatic N) is 6. The molecular formula is C15H18N6O3. The van der Waals surface area contributed by atoms with Crippen LogP contribution in [-0.2, 0) is 9.53 Å². The average Bonchev–Trinajstić information content (AvgIpc) is 3.08. The first-order chi connectivity index (χ1) is 11.8. The van der Waals surface area contributed by atoms with E-state index in [1.807, 2.05) is 4.90 Å². The third-order valence-electron chi connectivity index (χ3n) is 4.24. The SMILES string of the molecule is O=C(CN1CC(c2nc(-c3ncccn3)no2)C1)N1CCOCC1. The number of morpholine rings is 1. The molecule has 0 N–H and O–H groups in total. The van der Waals surface area contributed by atoms with Crippen molar-refractivity contribution in [2.24, 2.45) is 0 Å². The van der Waals surface area contributed by atoms with Crippen molar-refractivity contribution in [3.05, 3.63) is 24.4 Å². The van der Waals surface area contributed by atoms with Crippen molar-refractivity contribution in [3.63, 3.8) is 0 Å². The van der Waals surface area contributed by atoms with Crippen LogP contribution in [0.2, 0.25) is 0 Å². The normalized spacial score (nSPS) is 19.2. The summed E-state index contributed by atoms with van der Waals surface area (Å²) in [6.07, 6.45) is 3.28. The fourth-order valence-electron chi connectivity index (χ4n) is 2.87. The number of hydrogen-bond donors (Lipinski definition) is 0. The summed E-state index contributed by atoms with van der Waals surface area (Å²) in [5.41, 5.74) is 0. The third-order valence-corrected chi connectivity index (χ3v) is 4.24. The van der Waals surface area contributed by atoms with Crippen molar-refractivity contribution in [1.82, 2.24) is 29.9 Å². The largest absolute Gasteiger partial charge is 0.378 e. The molecule has 9 nitrogen and oxygen atoms in total. The zero-order valence-electron chi connectivity index (χ0n) is 13.2. The Hall–Kier alpha value is -2.39. The molecule has 0 radical (unpaired) electrons. The van der Waals surface area contributed by atoms with Gasteiger partial charge in [-0.05, 0) is 6.07 Å². The molecule has 2 aliphatic rings. The van der Waals surface area contributed by atoms with Crippen LogP contribution in [0.1, 0.15) is 11.8 Å². The molecular weight excluding hydrogens is 312 g/mol. The first-order valence-electron chi connectivity index (χ1n) is 7.98. The molecule has 0 aliphatic carbocycles. The summed E-state index contributed by atoms with van der Waals surface area (Å²) < 4.78 is 10.6. The Labute approximate surface area is 138 Å². The predicted molar refractivity (Wildman–Crippen MR) is 81.9 cm³/mol. The summed E-state index contributed by atoms with van der Waals surface area (Å²) in [4.78, 5) is 28.7. The molecule has 0 aromatic carbocycles. The molecule has 1 amide bonds. The maximum atomic E-state index is 12.2. The van der Waals surface area contributed by atoms with Crippen molar-refractivity contribution < 1.29 is 14.1 Å². The monoisotopic (exact) mass is 330 g/mol. The lowest BCUT2D eigenvalue weighted by molar-refractivity contribution is -0.137. The Morgan fingerprint density at radius 2 is 1.92 bits per heavy atom. The van der Waals surface area contributed by atoms with Crippen molar-refractivity contribution in [2.75, 3.05) is 45.9 Å². The zero-order valence-corrected chi connectivity index (χ0v) is 13.2. The van der Waals surface area contributed by atoms with Gasteiger partial charge in [0.25, 0.3) is 0 Å². The van der Waals surface area contributed by atoms with Gasteiger partial charge in [-0.2, -0.15) is 4.98 Å². The van der Waals surface area contributed by atoms with Crippen LogP contribution >= 0.6 is 0 Å². The summed E-state index contributed by atoms with van der Waals surface area (Å²) in [7, 11) is 0. The fourth-order valence-corrected chi connectivity index (χ4v) is 2.87. The van der Waals surface area contributed by atoms with Crippen molar-refractivity contribution in [3.8, 4) is 11.6 Å². The number of carbonyl (C=O) groups excluding carboxylic acids is 1. The van der Waals surface area contributed by atoms with Gasteiger partial charge < -0.3 is 14.2 Å². The molecule has 2 aliphatic heterocycles. The number of ether oxygens (including phenoxy) is 1. The number of amides is 1. The molecule has 2 aromatic heterocycles. The van der Waals surface area contributed by atoms with Crippen LogP contribution in [0.25, 0.3) is 11.6 Å². The standard InChI is InChI=1S/C15H18N6O3/c22-12(21-4-6-23-7-5-21)10-20-8-11(9-20)15-18-14(19-24-15)13-16-2-1-3-17-13/h1-3,11H,4-10H2. The van der Waals surface area contributed by atoms with E-state index in [0.29, 0.717) is 50.4 Å². The van der Waals surface area contributed by atoms with E-state index in [1.165, 1.54) is 0 Å². The minimum absolute atomic E-state index is 0.153. The molecule has 0 unspecified atom stereocenters. The van der Waals surface area contributed by atoms with Crippen LogP contribution in [-0.4, -0.2) is 81.8 Å². The first-order valence-corrected chi connectivity index (χ1v) is 7.98. The van der Waals surface area contributed by atoms with Crippen LogP contribution in [0.3, 0.4) is 0 Å². The fraction of sp³-hybridized carbons (Fsp3) is 0.533. The lowest BCUT2D eigenvalue weighted by Gasteiger charge is -2.38. The van der Waals surface area contributed by atoms with Gasteiger partial charge in [-0.15, -0.1) is 0 Å². The maximum absolute atomic E-state index is 12.2. The van der Waals surface area contributed by atoms with E-state index in [1.54, 1.807) is 18.5 Å². The van der Waals surface area contributed by atoms with E-state index in [2.05, 4.69) is 25.0 Å². The molecule has 126 valence electrons. The van der Waals surface area contributed by atoms with E-state index >= 15 is 0 Å². The second kappa shape index (κ2) is 6.62. The lowest BCUT2D eigenvalue weighted by Crippen LogP contribution is -2.52. The van der Waals surface area contributed by atoms with E-state index in [4.69, 9.17) is 9.26 Å². The minimum atomic E-state index is 0.153. The number of carbonyl (C=O) groups is 1. The van der Waals surface area contributed by atoms with Crippen molar-refractivity contribution in [1.29, 1.82) is 0 Å². The van der Waals surface area contributed by atoms with Gasteiger partial charge in [0.1, 0.15) is 0 Å². The summed E-state index contributed by atoms with van der Waals surface area (Å²) in [6.45, 7) is 4.53. The molecule has 2 aromatic rings. The molecule has 9 heteroatoms. The molecule has 2 saturated heterocycles. The molecule has 24 heavy (non-hydrogen) atoms. The Kier molecular flexibility index (Phi) is 4.18. The highest BCUT2D eigenvalue weighted by molar-refractivity contribution is 5.78. The molecule has 4 heterocycles. The predicted octanol–water partition coefficient (Wildman–Crippen LogP) is -0.215. The zero-order chi connectivity index (χ0) is 16.4. The van der Waals surface area contributed by atoms with Crippen LogP contribution in [0, 0.1) is 0 Å². The number of aromatic nitrogens is 4. The molecule has 2 fully saturated rings. The van der Waals surface area contributed by atoms with Crippen molar-refractivity contribution >= 4 is 5.91 Å². The molecule has 4 rings (SSSR count). The minimum Gasteiger partial charge on any atom is -0.378 e. The smallest absolute Gasteiger partial charge is 0.240 e. The van der Waals surface area contributed by atoms with Crippen LogP contribution in [0.4, 0.5) is 0 Å². The molecule has 0 saturated carbocycles. The van der Waals surface area contributed by atoms with Crippen LogP contribution in [0.15, 0.2) is 23.0 Å². The highest BCUT2D eigenvalue weighted by atomic mass is 16.5. The van der Waals surface area contributed by atoms with Gasteiger partial charge in [0.15, 0.2) is 0 Å². The van der Waals surface area contributed by atoms with Crippen LogP contribution < -0.4 is 0 Å². The van der Waals surface area contributed by atoms with E-state index in [9.17, 15) is 4.79 Å². The summed E-state index contributed by atoms with van der Waals surface area (Å²) in [5.74, 6) is 1.74. The summed E-state index contributed by atoms with van der Waals surface area (Å²) >= 11 is 0. The van der Waals surface area contributed by atoms with E-state index in [-0.39, 0.29) is 11.8 Å². The number of hydrogen-bond acceptors (Lipinski definition) is 8. The first kappa shape index (κ1) is 15.2. The Morgan fingerprint density at radius 1 is 1.17 bits per heavy atom. The van der Waals surface area contributed by atoms with Gasteiger partial charge in [-0.1, -0.05) is 5.16 Å². The van der Waals surface area contributed by atoms with Gasteiger partial charge >= 0.3 is 0 Å². The Balaban J connectivity index is 1.30.